The first-order valence-electron chi connectivity index (χ1n) is 3.61. The minimum atomic E-state index is 0. The molecule has 0 aromatic carbocycles. The third-order valence-electron chi connectivity index (χ3n) is 1.34. The fraction of sp³-hybridized carbons (Fsp3) is 0.222. The maximum atomic E-state index is 5.31. The molecule has 0 radical (unpaired) electrons. The summed E-state index contributed by atoms with van der Waals surface area (Å²) >= 11 is 0. The van der Waals surface area contributed by atoms with Gasteiger partial charge in [0.15, 0.2) is 0 Å². The van der Waals surface area contributed by atoms with Gasteiger partial charge in [-0.05, 0) is 24.1 Å². The lowest BCUT2D eigenvalue weighted by Crippen LogP contribution is -1.92. The summed E-state index contributed by atoms with van der Waals surface area (Å²) in [5, 5.41) is 0. The first-order chi connectivity index (χ1) is 5.33. The SMILES string of the molecule is Cc1cncc(/C=C/CN)c1.Cl. The van der Waals surface area contributed by atoms with E-state index in [0.717, 1.165) is 5.56 Å². The Balaban J connectivity index is 0.00000121. The maximum Gasteiger partial charge on any atom is 0.0340 e. The Kier molecular flexibility index (Phi) is 5.34. The molecular weight excluding hydrogens is 172 g/mol. The number of nitrogens with two attached hydrogens (primary N) is 1. The highest BCUT2D eigenvalue weighted by molar-refractivity contribution is 5.85. The highest BCUT2D eigenvalue weighted by Crippen LogP contribution is 2.02. The predicted octanol–water partition coefficient (Wildman–Crippen LogP) is 1.78. The molecule has 0 fully saturated rings. The van der Waals surface area contributed by atoms with Gasteiger partial charge in [0.2, 0.25) is 0 Å². The number of aromatic nitrogens is 1. The van der Waals surface area contributed by atoms with E-state index in [0.29, 0.717) is 6.54 Å². The van der Waals surface area contributed by atoms with Crippen LogP contribution in [0.3, 0.4) is 0 Å². The normalized spacial score (nSPS) is 9.83. The monoisotopic (exact) mass is 184 g/mol. The quantitative estimate of drug-likeness (QED) is 0.761. The van der Waals surface area contributed by atoms with Gasteiger partial charge in [-0.25, -0.2) is 0 Å². The summed E-state index contributed by atoms with van der Waals surface area (Å²) in [6.45, 7) is 2.60. The summed E-state index contributed by atoms with van der Waals surface area (Å²) in [7, 11) is 0. The van der Waals surface area contributed by atoms with Crippen LogP contribution in [0, 0.1) is 6.92 Å². The summed E-state index contributed by atoms with van der Waals surface area (Å²) in [4.78, 5) is 4.05. The zero-order valence-corrected chi connectivity index (χ0v) is 7.84. The summed E-state index contributed by atoms with van der Waals surface area (Å²) in [6.07, 6.45) is 7.54. The van der Waals surface area contributed by atoms with Crippen molar-refractivity contribution in [2.24, 2.45) is 5.73 Å². The summed E-state index contributed by atoms with van der Waals surface area (Å²) in [6, 6.07) is 2.07. The van der Waals surface area contributed by atoms with E-state index in [1.54, 1.807) is 0 Å². The van der Waals surface area contributed by atoms with E-state index in [4.69, 9.17) is 5.73 Å². The summed E-state index contributed by atoms with van der Waals surface area (Å²) in [5.41, 5.74) is 7.58. The van der Waals surface area contributed by atoms with Gasteiger partial charge in [0, 0.05) is 18.9 Å². The maximum absolute atomic E-state index is 5.31. The van der Waals surface area contributed by atoms with Gasteiger partial charge in [-0.1, -0.05) is 12.2 Å². The van der Waals surface area contributed by atoms with Crippen LogP contribution in [0.2, 0.25) is 0 Å². The standard InChI is InChI=1S/C9H12N2.ClH/c1-8-5-9(3-2-4-10)7-11-6-8;/h2-3,5-7H,4,10H2,1H3;1H/b3-2+;. The molecule has 66 valence electrons. The van der Waals surface area contributed by atoms with Crippen molar-refractivity contribution >= 4 is 18.5 Å². The van der Waals surface area contributed by atoms with Crippen molar-refractivity contribution in [1.82, 2.24) is 4.98 Å². The molecule has 0 saturated heterocycles. The summed E-state index contributed by atoms with van der Waals surface area (Å²) < 4.78 is 0. The third-order valence-corrected chi connectivity index (χ3v) is 1.34. The van der Waals surface area contributed by atoms with Crippen molar-refractivity contribution in [2.75, 3.05) is 6.54 Å². The van der Waals surface area contributed by atoms with Crippen LogP contribution >= 0.6 is 12.4 Å². The summed E-state index contributed by atoms with van der Waals surface area (Å²) in [5.74, 6) is 0. The van der Waals surface area contributed by atoms with E-state index in [1.165, 1.54) is 5.56 Å². The average molecular weight is 185 g/mol. The van der Waals surface area contributed by atoms with Crippen molar-refractivity contribution in [2.45, 2.75) is 6.92 Å². The highest BCUT2D eigenvalue weighted by atomic mass is 35.5. The van der Waals surface area contributed by atoms with Crippen LogP contribution in [-0.2, 0) is 0 Å². The Morgan fingerprint density at radius 3 is 2.83 bits per heavy atom. The van der Waals surface area contributed by atoms with E-state index in [1.807, 2.05) is 31.5 Å². The van der Waals surface area contributed by atoms with Gasteiger partial charge in [0.1, 0.15) is 0 Å². The number of hydrogen-bond acceptors (Lipinski definition) is 2. The number of aryl methyl sites for hydroxylation is 1. The molecule has 0 bridgehead atoms. The highest BCUT2D eigenvalue weighted by Gasteiger charge is 1.86. The first kappa shape index (κ1) is 11.1. The van der Waals surface area contributed by atoms with E-state index >= 15 is 0 Å². The lowest BCUT2D eigenvalue weighted by Gasteiger charge is -1.93. The van der Waals surface area contributed by atoms with Crippen LogP contribution in [0.1, 0.15) is 11.1 Å². The molecule has 0 amide bonds. The van der Waals surface area contributed by atoms with Crippen molar-refractivity contribution < 1.29 is 0 Å². The van der Waals surface area contributed by atoms with Gasteiger partial charge in [0.25, 0.3) is 0 Å². The van der Waals surface area contributed by atoms with Gasteiger partial charge in [-0.15, -0.1) is 12.4 Å². The zero-order valence-electron chi connectivity index (χ0n) is 7.03. The molecule has 2 N–H and O–H groups in total. The van der Waals surface area contributed by atoms with Gasteiger partial charge in [0.05, 0.1) is 0 Å². The Morgan fingerprint density at radius 1 is 1.50 bits per heavy atom. The van der Waals surface area contributed by atoms with Crippen molar-refractivity contribution in [3.05, 3.63) is 35.7 Å². The molecule has 0 aliphatic rings. The van der Waals surface area contributed by atoms with Crippen LogP contribution in [0.25, 0.3) is 6.08 Å². The first-order valence-corrected chi connectivity index (χ1v) is 3.61. The lowest BCUT2D eigenvalue weighted by molar-refractivity contribution is 1.24. The van der Waals surface area contributed by atoms with Gasteiger partial charge in [-0.3, -0.25) is 4.98 Å². The molecule has 0 aliphatic carbocycles. The average Bonchev–Trinajstić information content (AvgIpc) is 2.01. The smallest absolute Gasteiger partial charge is 0.0340 e. The molecule has 1 aromatic heterocycles. The van der Waals surface area contributed by atoms with Crippen LogP contribution < -0.4 is 5.73 Å². The molecule has 12 heavy (non-hydrogen) atoms. The van der Waals surface area contributed by atoms with Crippen LogP contribution in [0.15, 0.2) is 24.5 Å². The van der Waals surface area contributed by atoms with Crippen LogP contribution in [0.5, 0.6) is 0 Å². The molecule has 1 heterocycles. The Bertz CT molecular complexity index is 258. The second kappa shape index (κ2) is 5.75. The Hall–Kier alpha value is -0.860. The fourth-order valence-corrected chi connectivity index (χ4v) is 0.874. The Morgan fingerprint density at radius 2 is 2.25 bits per heavy atom. The van der Waals surface area contributed by atoms with Crippen LogP contribution in [0.4, 0.5) is 0 Å². The molecule has 0 saturated carbocycles. The molecule has 1 aromatic rings. The van der Waals surface area contributed by atoms with E-state index in [-0.39, 0.29) is 12.4 Å². The number of hydrogen-bond donors (Lipinski definition) is 1. The van der Waals surface area contributed by atoms with E-state index in [2.05, 4.69) is 11.1 Å². The van der Waals surface area contributed by atoms with E-state index < -0.39 is 0 Å². The molecule has 3 heteroatoms. The van der Waals surface area contributed by atoms with Gasteiger partial charge in [-0.2, -0.15) is 0 Å². The number of rotatable bonds is 2. The molecule has 0 spiro atoms. The minimum Gasteiger partial charge on any atom is -0.327 e. The largest absolute Gasteiger partial charge is 0.327 e. The molecule has 0 aliphatic heterocycles. The number of pyridine rings is 1. The third kappa shape index (κ3) is 3.51. The second-order valence-corrected chi connectivity index (χ2v) is 2.43. The second-order valence-electron chi connectivity index (χ2n) is 2.43. The minimum absolute atomic E-state index is 0. The zero-order chi connectivity index (χ0) is 8.10. The lowest BCUT2D eigenvalue weighted by atomic mass is 10.2. The van der Waals surface area contributed by atoms with E-state index in [9.17, 15) is 0 Å². The topological polar surface area (TPSA) is 38.9 Å². The fourth-order valence-electron chi connectivity index (χ4n) is 0.874. The van der Waals surface area contributed by atoms with Gasteiger partial charge < -0.3 is 5.73 Å². The molecule has 2 nitrogen and oxygen atoms in total. The number of halogens is 1. The van der Waals surface area contributed by atoms with Crippen molar-refractivity contribution in [3.8, 4) is 0 Å². The molecule has 0 unspecified atom stereocenters. The Labute approximate surface area is 78.9 Å². The molecule has 1 rings (SSSR count). The molecular formula is C9H13ClN2. The predicted molar refractivity (Wildman–Crippen MR) is 54.3 cm³/mol. The molecule has 0 atom stereocenters. The van der Waals surface area contributed by atoms with Gasteiger partial charge >= 0.3 is 0 Å². The number of nitrogens with zero attached hydrogens (tertiary/aromatic N) is 1. The van der Waals surface area contributed by atoms with Crippen molar-refractivity contribution in [1.29, 1.82) is 0 Å². The van der Waals surface area contributed by atoms with Crippen molar-refractivity contribution in [3.63, 3.8) is 0 Å². The van der Waals surface area contributed by atoms with Crippen LogP contribution in [-0.4, -0.2) is 11.5 Å².